The van der Waals surface area contributed by atoms with Gasteiger partial charge in [-0.2, -0.15) is 0 Å². The van der Waals surface area contributed by atoms with Crippen LogP contribution in [0.4, 0.5) is 0 Å². The van der Waals surface area contributed by atoms with E-state index in [1.807, 2.05) is 24.3 Å². The van der Waals surface area contributed by atoms with Gasteiger partial charge in [0.2, 0.25) is 0 Å². The lowest BCUT2D eigenvalue weighted by atomic mass is 10.1. The van der Waals surface area contributed by atoms with Crippen LogP contribution < -0.4 is 0 Å². The number of aryl methyl sites for hydroxylation is 1. The molecule has 0 bridgehead atoms. The summed E-state index contributed by atoms with van der Waals surface area (Å²) < 4.78 is 5.04. The molecule has 0 radical (unpaired) electrons. The Kier molecular flexibility index (Phi) is 4.48. The second-order valence-corrected chi connectivity index (χ2v) is 4.57. The quantitative estimate of drug-likeness (QED) is 0.908. The molecule has 4 nitrogen and oxygen atoms in total. The summed E-state index contributed by atoms with van der Waals surface area (Å²) in [6.45, 7) is 2.41. The summed E-state index contributed by atoms with van der Waals surface area (Å²) in [5.41, 5.74) is 3.73. The second kappa shape index (κ2) is 6.30. The van der Waals surface area contributed by atoms with Crippen LogP contribution in [-0.2, 0) is 11.2 Å². The van der Waals surface area contributed by atoms with Crippen LogP contribution in [0.5, 0.6) is 0 Å². The lowest BCUT2D eigenvalue weighted by Gasteiger charge is -2.06. The Hall–Kier alpha value is -2.20. The number of ether oxygens (including phenoxy) is 1. The van der Waals surface area contributed by atoms with Crippen molar-refractivity contribution >= 4 is 5.97 Å². The maximum atomic E-state index is 11.0. The van der Waals surface area contributed by atoms with Gasteiger partial charge < -0.3 is 9.84 Å². The molecule has 0 saturated heterocycles. The summed E-state index contributed by atoms with van der Waals surface area (Å²) in [6, 6.07) is 11.4. The molecule has 0 aliphatic carbocycles. The zero-order valence-corrected chi connectivity index (χ0v) is 11.6. The Morgan fingerprint density at radius 2 is 1.90 bits per heavy atom. The van der Waals surface area contributed by atoms with Gasteiger partial charge in [0.05, 0.1) is 23.6 Å². The van der Waals surface area contributed by atoms with Crippen LogP contribution in [0, 0.1) is 6.92 Å². The van der Waals surface area contributed by atoms with E-state index in [2.05, 4.69) is 4.98 Å². The number of hydrogen-bond acceptors (Lipinski definition) is 3. The van der Waals surface area contributed by atoms with Gasteiger partial charge in [-0.15, -0.1) is 0 Å². The van der Waals surface area contributed by atoms with Gasteiger partial charge >= 0.3 is 5.97 Å². The van der Waals surface area contributed by atoms with E-state index in [-0.39, 0.29) is 5.56 Å². The second-order valence-electron chi connectivity index (χ2n) is 4.57. The van der Waals surface area contributed by atoms with Crippen LogP contribution in [0.2, 0.25) is 0 Å². The van der Waals surface area contributed by atoms with Crippen LogP contribution in [0.1, 0.15) is 21.6 Å². The Balaban J connectivity index is 2.23. The predicted octanol–water partition coefficient (Wildman–Crippen LogP) is 2.94. The lowest BCUT2D eigenvalue weighted by molar-refractivity contribution is 0.0695. The molecule has 4 heteroatoms. The molecule has 0 fully saturated rings. The van der Waals surface area contributed by atoms with Gasteiger partial charge in [0.15, 0.2) is 0 Å². The van der Waals surface area contributed by atoms with Crippen molar-refractivity contribution in [1.82, 2.24) is 4.98 Å². The Morgan fingerprint density at radius 3 is 2.45 bits per heavy atom. The van der Waals surface area contributed by atoms with Crippen molar-refractivity contribution in [2.45, 2.75) is 13.3 Å². The van der Waals surface area contributed by atoms with Gasteiger partial charge in [0, 0.05) is 12.7 Å². The maximum Gasteiger partial charge on any atom is 0.337 e. The summed E-state index contributed by atoms with van der Waals surface area (Å²) in [4.78, 5) is 15.3. The molecule has 1 heterocycles. The van der Waals surface area contributed by atoms with E-state index in [1.165, 1.54) is 5.56 Å². The summed E-state index contributed by atoms with van der Waals surface area (Å²) >= 11 is 0. The SMILES string of the molecule is COCCc1ccc(-c2ccc(C(=O)O)c(C)n2)cc1. The number of methoxy groups -OCH3 is 1. The van der Waals surface area contributed by atoms with Crippen LogP contribution in [0.3, 0.4) is 0 Å². The highest BCUT2D eigenvalue weighted by Gasteiger charge is 2.09. The third-order valence-corrected chi connectivity index (χ3v) is 3.16. The van der Waals surface area contributed by atoms with Crippen molar-refractivity contribution in [3.05, 3.63) is 53.2 Å². The van der Waals surface area contributed by atoms with Gasteiger partial charge in [-0.05, 0) is 31.0 Å². The average Bonchev–Trinajstić information content (AvgIpc) is 2.45. The van der Waals surface area contributed by atoms with E-state index < -0.39 is 5.97 Å². The first-order chi connectivity index (χ1) is 9.61. The molecule has 1 aromatic heterocycles. The van der Waals surface area contributed by atoms with Crippen molar-refractivity contribution in [1.29, 1.82) is 0 Å². The lowest BCUT2D eigenvalue weighted by Crippen LogP contribution is -2.02. The molecule has 0 aliphatic rings. The largest absolute Gasteiger partial charge is 0.478 e. The third-order valence-electron chi connectivity index (χ3n) is 3.16. The van der Waals surface area contributed by atoms with Crippen molar-refractivity contribution in [2.75, 3.05) is 13.7 Å². The highest BCUT2D eigenvalue weighted by molar-refractivity contribution is 5.89. The number of carboxylic acids is 1. The number of hydrogen-bond donors (Lipinski definition) is 1. The zero-order valence-electron chi connectivity index (χ0n) is 11.6. The smallest absolute Gasteiger partial charge is 0.337 e. The number of benzene rings is 1. The number of nitrogens with zero attached hydrogens (tertiary/aromatic N) is 1. The standard InChI is InChI=1S/C16H17NO3/c1-11-14(16(18)19)7-8-15(17-11)13-5-3-12(4-6-13)9-10-20-2/h3-8H,9-10H2,1-2H3,(H,18,19). The van der Waals surface area contributed by atoms with Gasteiger partial charge in [-0.3, -0.25) is 4.98 Å². The molecule has 1 N–H and O–H groups in total. The Morgan fingerprint density at radius 1 is 1.20 bits per heavy atom. The van der Waals surface area contributed by atoms with E-state index in [4.69, 9.17) is 9.84 Å². The van der Waals surface area contributed by atoms with Gasteiger partial charge in [0.25, 0.3) is 0 Å². The summed E-state index contributed by atoms with van der Waals surface area (Å²) in [7, 11) is 1.69. The van der Waals surface area contributed by atoms with E-state index in [0.717, 1.165) is 17.7 Å². The van der Waals surface area contributed by atoms with E-state index >= 15 is 0 Å². The van der Waals surface area contributed by atoms with E-state index in [9.17, 15) is 4.79 Å². The molecule has 20 heavy (non-hydrogen) atoms. The average molecular weight is 271 g/mol. The number of aromatic carboxylic acids is 1. The van der Waals surface area contributed by atoms with E-state index in [1.54, 1.807) is 26.2 Å². The fourth-order valence-corrected chi connectivity index (χ4v) is 2.01. The first-order valence-corrected chi connectivity index (χ1v) is 6.41. The maximum absolute atomic E-state index is 11.0. The molecule has 2 rings (SSSR count). The molecule has 104 valence electrons. The minimum Gasteiger partial charge on any atom is -0.478 e. The molecular weight excluding hydrogens is 254 g/mol. The molecule has 0 aliphatic heterocycles. The van der Waals surface area contributed by atoms with Gasteiger partial charge in [-0.1, -0.05) is 24.3 Å². The minimum absolute atomic E-state index is 0.241. The first kappa shape index (κ1) is 14.2. The fraction of sp³-hybridized carbons (Fsp3) is 0.250. The summed E-state index contributed by atoms with van der Waals surface area (Å²) in [5.74, 6) is -0.948. The highest BCUT2D eigenvalue weighted by atomic mass is 16.5. The molecule has 1 aromatic carbocycles. The van der Waals surface area contributed by atoms with Crippen molar-refractivity contribution in [2.24, 2.45) is 0 Å². The summed E-state index contributed by atoms with van der Waals surface area (Å²) in [6.07, 6.45) is 0.876. The zero-order chi connectivity index (χ0) is 14.5. The molecule has 0 atom stereocenters. The number of carboxylic acid groups (broad SMARTS) is 1. The Bertz CT molecular complexity index is 606. The highest BCUT2D eigenvalue weighted by Crippen LogP contribution is 2.20. The third kappa shape index (κ3) is 3.22. The molecule has 0 spiro atoms. The normalized spacial score (nSPS) is 10.5. The van der Waals surface area contributed by atoms with Crippen molar-refractivity contribution in [3.8, 4) is 11.3 Å². The number of carbonyl (C=O) groups is 1. The summed E-state index contributed by atoms with van der Waals surface area (Å²) in [5, 5.41) is 8.99. The van der Waals surface area contributed by atoms with Crippen LogP contribution >= 0.6 is 0 Å². The van der Waals surface area contributed by atoms with Crippen LogP contribution in [0.25, 0.3) is 11.3 Å². The molecule has 0 amide bonds. The predicted molar refractivity (Wildman–Crippen MR) is 76.9 cm³/mol. The monoisotopic (exact) mass is 271 g/mol. The van der Waals surface area contributed by atoms with Crippen LogP contribution in [-0.4, -0.2) is 29.8 Å². The molecule has 0 saturated carbocycles. The van der Waals surface area contributed by atoms with Crippen LogP contribution in [0.15, 0.2) is 36.4 Å². The Labute approximate surface area is 118 Å². The van der Waals surface area contributed by atoms with Crippen molar-refractivity contribution < 1.29 is 14.6 Å². The minimum atomic E-state index is -0.948. The molecule has 2 aromatic rings. The molecule has 0 unspecified atom stereocenters. The topological polar surface area (TPSA) is 59.4 Å². The van der Waals surface area contributed by atoms with E-state index in [0.29, 0.717) is 12.3 Å². The molecular formula is C16H17NO3. The van der Waals surface area contributed by atoms with Crippen molar-refractivity contribution in [3.63, 3.8) is 0 Å². The number of pyridine rings is 1. The first-order valence-electron chi connectivity index (χ1n) is 6.41. The number of aromatic nitrogens is 1. The van der Waals surface area contributed by atoms with Gasteiger partial charge in [0.1, 0.15) is 0 Å². The van der Waals surface area contributed by atoms with Gasteiger partial charge in [-0.25, -0.2) is 4.79 Å². The fourth-order valence-electron chi connectivity index (χ4n) is 2.01. The number of rotatable bonds is 5.